The molecule has 1 amide bonds. The van der Waals surface area contributed by atoms with Crippen LogP contribution in [0.2, 0.25) is 5.02 Å². The molecule has 0 atom stereocenters. The first-order chi connectivity index (χ1) is 12.3. The maximum Gasteiger partial charge on any atom is 0.302 e. The van der Waals surface area contributed by atoms with Crippen molar-refractivity contribution in [1.29, 1.82) is 0 Å². The highest BCUT2D eigenvalue weighted by Crippen LogP contribution is 2.38. The zero-order valence-electron chi connectivity index (χ0n) is 14.5. The van der Waals surface area contributed by atoms with Crippen LogP contribution in [-0.2, 0) is 14.3 Å². The molecular weight excluding hydrogens is 363 g/mol. The normalized spacial score (nSPS) is 25.2. The van der Waals surface area contributed by atoms with Crippen LogP contribution in [0.3, 0.4) is 0 Å². The fourth-order valence-electron chi connectivity index (χ4n) is 3.37. The molecule has 8 heteroatoms. The maximum absolute atomic E-state index is 13.0. The molecule has 2 aliphatic rings. The first kappa shape index (κ1) is 18.9. The Bertz CT molecular complexity index is 702. The first-order valence-electron chi connectivity index (χ1n) is 8.55. The molecule has 1 saturated heterocycles. The molecule has 0 spiro atoms. The van der Waals surface area contributed by atoms with Gasteiger partial charge in [-0.3, -0.25) is 9.59 Å². The topological polar surface area (TPSA) is 81.9 Å². The summed E-state index contributed by atoms with van der Waals surface area (Å²) in [5.74, 6) is -0.127. The van der Waals surface area contributed by atoms with E-state index in [0.717, 1.165) is 0 Å². The molecule has 1 aromatic carbocycles. The number of rotatable bonds is 6. The third-order valence-corrected chi connectivity index (χ3v) is 5.15. The first-order valence-corrected chi connectivity index (χ1v) is 8.92. The Kier molecular flexibility index (Phi) is 5.39. The molecule has 0 aromatic heterocycles. The van der Waals surface area contributed by atoms with E-state index in [1.807, 2.05) is 0 Å². The van der Waals surface area contributed by atoms with Gasteiger partial charge in [0.1, 0.15) is 18.2 Å². The van der Waals surface area contributed by atoms with Gasteiger partial charge in [0.05, 0.1) is 17.2 Å². The van der Waals surface area contributed by atoms with Crippen molar-refractivity contribution in [3.63, 3.8) is 0 Å². The SMILES string of the molecule is CC(=O)OCC1(N)CC(C(=O)N2CC(COc3ccc(F)cc3Cl)C2)C1. The van der Waals surface area contributed by atoms with Crippen LogP contribution in [0, 0.1) is 17.7 Å². The highest BCUT2D eigenvalue weighted by molar-refractivity contribution is 6.32. The zero-order chi connectivity index (χ0) is 18.9. The number of halogens is 2. The molecule has 0 unspecified atom stereocenters. The number of likely N-dealkylation sites (tertiary alicyclic amines) is 1. The summed E-state index contributed by atoms with van der Waals surface area (Å²) in [7, 11) is 0. The summed E-state index contributed by atoms with van der Waals surface area (Å²) in [6, 6.07) is 4.00. The molecule has 0 bridgehead atoms. The molecule has 1 aliphatic heterocycles. The van der Waals surface area contributed by atoms with Crippen LogP contribution in [0.5, 0.6) is 5.75 Å². The summed E-state index contributed by atoms with van der Waals surface area (Å²) in [4.78, 5) is 25.0. The molecule has 1 saturated carbocycles. The number of carbonyl (C=O) groups is 2. The molecular formula is C18H22ClFN2O4. The number of amides is 1. The average Bonchev–Trinajstić information content (AvgIpc) is 2.50. The van der Waals surface area contributed by atoms with Crippen molar-refractivity contribution in [2.45, 2.75) is 25.3 Å². The van der Waals surface area contributed by atoms with Crippen LogP contribution >= 0.6 is 11.6 Å². The third kappa shape index (κ3) is 4.27. The molecule has 3 rings (SSSR count). The van der Waals surface area contributed by atoms with Crippen molar-refractivity contribution in [3.8, 4) is 5.75 Å². The average molecular weight is 385 g/mol. The smallest absolute Gasteiger partial charge is 0.302 e. The lowest BCUT2D eigenvalue weighted by molar-refractivity contribution is -0.152. The lowest BCUT2D eigenvalue weighted by Crippen LogP contribution is -2.62. The summed E-state index contributed by atoms with van der Waals surface area (Å²) in [5.41, 5.74) is 5.51. The Hall–Kier alpha value is -1.86. The standard InChI is InChI=1S/C18H22ClFN2O4/c1-11(23)26-10-18(21)5-13(6-18)17(24)22-7-12(8-22)9-25-16-3-2-14(20)4-15(16)19/h2-4,12-13H,5-10,21H2,1H3. The largest absolute Gasteiger partial charge is 0.492 e. The van der Waals surface area contributed by atoms with Crippen molar-refractivity contribution in [1.82, 2.24) is 4.90 Å². The Labute approximate surface area is 156 Å². The van der Waals surface area contributed by atoms with Crippen molar-refractivity contribution in [2.75, 3.05) is 26.3 Å². The lowest BCUT2D eigenvalue weighted by Gasteiger charge is -2.48. The van der Waals surface area contributed by atoms with E-state index in [2.05, 4.69) is 0 Å². The summed E-state index contributed by atoms with van der Waals surface area (Å²) < 4.78 is 23.6. The zero-order valence-corrected chi connectivity index (χ0v) is 15.3. The van der Waals surface area contributed by atoms with Crippen molar-refractivity contribution in [3.05, 3.63) is 29.0 Å². The number of ether oxygens (including phenoxy) is 2. The van der Waals surface area contributed by atoms with Gasteiger partial charge >= 0.3 is 5.97 Å². The fourth-order valence-corrected chi connectivity index (χ4v) is 3.59. The van der Waals surface area contributed by atoms with Crippen LogP contribution in [0.4, 0.5) is 4.39 Å². The molecule has 1 heterocycles. The third-order valence-electron chi connectivity index (χ3n) is 4.86. The summed E-state index contributed by atoms with van der Waals surface area (Å²) in [6.07, 6.45) is 1.06. The molecule has 1 aromatic rings. The Balaban J connectivity index is 1.37. The Morgan fingerprint density at radius 2 is 2.08 bits per heavy atom. The highest BCUT2D eigenvalue weighted by Gasteiger charge is 2.48. The molecule has 0 radical (unpaired) electrons. The Morgan fingerprint density at radius 1 is 1.38 bits per heavy atom. The summed E-state index contributed by atoms with van der Waals surface area (Å²) >= 11 is 5.92. The van der Waals surface area contributed by atoms with Gasteiger partial charge in [0.15, 0.2) is 0 Å². The van der Waals surface area contributed by atoms with E-state index < -0.39 is 11.4 Å². The molecule has 6 nitrogen and oxygen atoms in total. The van der Waals surface area contributed by atoms with E-state index >= 15 is 0 Å². The van der Waals surface area contributed by atoms with Gasteiger partial charge in [0.25, 0.3) is 0 Å². The summed E-state index contributed by atoms with van der Waals surface area (Å²) in [5, 5.41) is 0.235. The monoisotopic (exact) mass is 384 g/mol. The number of hydrogen-bond acceptors (Lipinski definition) is 5. The van der Waals surface area contributed by atoms with Crippen LogP contribution in [0.1, 0.15) is 19.8 Å². The van der Waals surface area contributed by atoms with E-state index in [0.29, 0.717) is 38.3 Å². The van der Waals surface area contributed by atoms with E-state index in [1.54, 1.807) is 4.90 Å². The number of nitrogens with zero attached hydrogens (tertiary/aromatic N) is 1. The second-order valence-electron chi connectivity index (χ2n) is 7.24. The molecule has 1 aliphatic carbocycles. The van der Waals surface area contributed by atoms with Gasteiger partial charge in [0, 0.05) is 31.8 Å². The number of carbonyl (C=O) groups excluding carboxylic acids is 2. The van der Waals surface area contributed by atoms with Gasteiger partial charge < -0.3 is 20.1 Å². The van der Waals surface area contributed by atoms with E-state index in [-0.39, 0.29) is 35.3 Å². The van der Waals surface area contributed by atoms with E-state index in [1.165, 1.54) is 25.1 Å². The van der Waals surface area contributed by atoms with Gasteiger partial charge in [-0.15, -0.1) is 0 Å². The number of hydrogen-bond donors (Lipinski definition) is 1. The van der Waals surface area contributed by atoms with Crippen LogP contribution in [0.15, 0.2) is 18.2 Å². The number of benzene rings is 1. The van der Waals surface area contributed by atoms with Crippen molar-refractivity contribution >= 4 is 23.5 Å². The lowest BCUT2D eigenvalue weighted by atomic mass is 9.68. The van der Waals surface area contributed by atoms with E-state index in [9.17, 15) is 14.0 Å². The second-order valence-corrected chi connectivity index (χ2v) is 7.65. The number of nitrogens with two attached hydrogens (primary N) is 1. The highest BCUT2D eigenvalue weighted by atomic mass is 35.5. The fraction of sp³-hybridized carbons (Fsp3) is 0.556. The van der Waals surface area contributed by atoms with Gasteiger partial charge in [-0.1, -0.05) is 11.6 Å². The van der Waals surface area contributed by atoms with Gasteiger partial charge in [-0.25, -0.2) is 4.39 Å². The van der Waals surface area contributed by atoms with Crippen molar-refractivity contribution < 1.29 is 23.5 Å². The predicted molar refractivity (Wildman–Crippen MR) is 93.3 cm³/mol. The molecule has 2 N–H and O–H groups in total. The predicted octanol–water partition coefficient (Wildman–Crippen LogP) is 1.99. The minimum Gasteiger partial charge on any atom is -0.492 e. The summed E-state index contributed by atoms with van der Waals surface area (Å²) in [6.45, 7) is 3.16. The van der Waals surface area contributed by atoms with E-state index in [4.69, 9.17) is 26.8 Å². The molecule has 26 heavy (non-hydrogen) atoms. The van der Waals surface area contributed by atoms with Crippen LogP contribution < -0.4 is 10.5 Å². The molecule has 142 valence electrons. The van der Waals surface area contributed by atoms with Crippen LogP contribution in [0.25, 0.3) is 0 Å². The second kappa shape index (κ2) is 7.40. The van der Waals surface area contributed by atoms with Gasteiger partial charge in [0.2, 0.25) is 5.91 Å². The van der Waals surface area contributed by atoms with Crippen molar-refractivity contribution in [2.24, 2.45) is 17.6 Å². The minimum atomic E-state index is -0.585. The minimum absolute atomic E-state index is 0.0879. The number of esters is 1. The Morgan fingerprint density at radius 3 is 2.69 bits per heavy atom. The maximum atomic E-state index is 13.0. The molecule has 2 fully saturated rings. The quantitative estimate of drug-likeness (QED) is 0.758. The van der Waals surface area contributed by atoms with Gasteiger partial charge in [-0.05, 0) is 31.0 Å². The van der Waals surface area contributed by atoms with Gasteiger partial charge in [-0.2, -0.15) is 0 Å². The van der Waals surface area contributed by atoms with Crippen LogP contribution in [-0.4, -0.2) is 48.6 Å².